The van der Waals surface area contributed by atoms with Crippen LogP contribution in [-0.2, 0) is 11.3 Å². The molecule has 0 unspecified atom stereocenters. The standard InChI is InChI=1S/C19H18Cl2FN3O3/c20-15-2-1-3-17(22)14(15)11-24-8-6-12(7-9-24)19(26)23-18-10-13(25(27)28)4-5-16(18)21/h1-5,10,12H,6-9,11H2,(H,23,26). The summed E-state index contributed by atoms with van der Waals surface area (Å²) in [5, 5.41) is 14.2. The highest BCUT2D eigenvalue weighted by molar-refractivity contribution is 6.33. The Balaban J connectivity index is 1.58. The van der Waals surface area contributed by atoms with Crippen LogP contribution in [-0.4, -0.2) is 28.8 Å². The van der Waals surface area contributed by atoms with Gasteiger partial charge in [-0.25, -0.2) is 4.39 Å². The Bertz CT molecular complexity index is 882. The number of carbonyl (C=O) groups excluding carboxylic acids is 1. The van der Waals surface area contributed by atoms with Gasteiger partial charge in [0, 0.05) is 35.2 Å². The normalized spacial score (nSPS) is 15.4. The molecular formula is C19H18Cl2FN3O3. The number of hydrogen-bond donors (Lipinski definition) is 1. The molecule has 1 N–H and O–H groups in total. The van der Waals surface area contributed by atoms with E-state index in [-0.39, 0.29) is 34.0 Å². The van der Waals surface area contributed by atoms with Gasteiger partial charge in [0.2, 0.25) is 5.91 Å². The molecule has 0 saturated carbocycles. The number of nitrogens with one attached hydrogen (secondary N) is 1. The molecule has 2 aromatic rings. The second-order valence-corrected chi connectivity index (χ2v) is 7.48. The van der Waals surface area contributed by atoms with Crippen LogP contribution in [0.3, 0.4) is 0 Å². The van der Waals surface area contributed by atoms with Crippen LogP contribution in [0.2, 0.25) is 10.0 Å². The zero-order chi connectivity index (χ0) is 20.3. The van der Waals surface area contributed by atoms with Crippen LogP contribution in [0.5, 0.6) is 0 Å². The number of anilines is 1. The lowest BCUT2D eigenvalue weighted by Crippen LogP contribution is -2.38. The number of hydrogen-bond acceptors (Lipinski definition) is 4. The number of non-ortho nitro benzene ring substituents is 1. The lowest BCUT2D eigenvalue weighted by Gasteiger charge is -2.31. The molecule has 0 spiro atoms. The number of rotatable bonds is 5. The fourth-order valence-corrected chi connectivity index (χ4v) is 3.61. The second kappa shape index (κ2) is 8.86. The van der Waals surface area contributed by atoms with Crippen molar-refractivity contribution in [3.8, 4) is 0 Å². The number of amides is 1. The number of nitro benzene ring substituents is 1. The molecule has 0 aliphatic carbocycles. The SMILES string of the molecule is O=C(Nc1cc([N+](=O)[O-])ccc1Cl)C1CCN(Cc2c(F)cccc2Cl)CC1. The van der Waals surface area contributed by atoms with Gasteiger partial charge in [-0.3, -0.25) is 19.8 Å². The molecule has 2 aromatic carbocycles. The maximum absolute atomic E-state index is 13.9. The highest BCUT2D eigenvalue weighted by atomic mass is 35.5. The predicted octanol–water partition coefficient (Wildman–Crippen LogP) is 4.89. The van der Waals surface area contributed by atoms with E-state index in [0.29, 0.717) is 43.1 Å². The van der Waals surface area contributed by atoms with Crippen molar-refractivity contribution in [3.05, 3.63) is 67.9 Å². The average molecular weight is 426 g/mol. The van der Waals surface area contributed by atoms with E-state index in [0.717, 1.165) is 0 Å². The first-order chi connectivity index (χ1) is 13.3. The lowest BCUT2D eigenvalue weighted by molar-refractivity contribution is -0.384. The molecule has 1 aliphatic heterocycles. The van der Waals surface area contributed by atoms with Crippen LogP contribution in [0, 0.1) is 21.8 Å². The van der Waals surface area contributed by atoms with Gasteiger partial charge in [0.15, 0.2) is 0 Å². The minimum atomic E-state index is -0.543. The van der Waals surface area contributed by atoms with Crippen LogP contribution in [0.4, 0.5) is 15.8 Å². The van der Waals surface area contributed by atoms with Gasteiger partial charge in [-0.15, -0.1) is 0 Å². The summed E-state index contributed by atoms with van der Waals surface area (Å²) in [4.78, 5) is 24.9. The molecule has 9 heteroatoms. The fraction of sp³-hybridized carbons (Fsp3) is 0.316. The van der Waals surface area contributed by atoms with Gasteiger partial charge in [0.05, 0.1) is 15.6 Å². The van der Waals surface area contributed by atoms with E-state index in [4.69, 9.17) is 23.2 Å². The first kappa shape index (κ1) is 20.5. The van der Waals surface area contributed by atoms with Crippen molar-refractivity contribution in [2.45, 2.75) is 19.4 Å². The Morgan fingerprint density at radius 1 is 1.21 bits per heavy atom. The highest BCUT2D eigenvalue weighted by Crippen LogP contribution is 2.29. The first-order valence-electron chi connectivity index (χ1n) is 8.75. The summed E-state index contributed by atoms with van der Waals surface area (Å²) in [6, 6.07) is 8.51. The van der Waals surface area contributed by atoms with Crippen LogP contribution in [0.25, 0.3) is 0 Å². The Morgan fingerprint density at radius 2 is 1.93 bits per heavy atom. The molecule has 1 fully saturated rings. The summed E-state index contributed by atoms with van der Waals surface area (Å²) in [5.41, 5.74) is 0.535. The number of likely N-dealkylation sites (tertiary alicyclic amines) is 1. The summed E-state index contributed by atoms with van der Waals surface area (Å²) in [6.07, 6.45) is 1.18. The minimum Gasteiger partial charge on any atom is -0.324 e. The molecule has 0 aromatic heterocycles. The van der Waals surface area contributed by atoms with E-state index in [1.54, 1.807) is 12.1 Å². The van der Waals surface area contributed by atoms with Crippen molar-refractivity contribution in [1.82, 2.24) is 4.90 Å². The minimum absolute atomic E-state index is 0.142. The third-order valence-corrected chi connectivity index (χ3v) is 5.50. The molecule has 0 bridgehead atoms. The van der Waals surface area contributed by atoms with E-state index >= 15 is 0 Å². The molecule has 0 atom stereocenters. The average Bonchev–Trinajstić information content (AvgIpc) is 2.67. The summed E-state index contributed by atoms with van der Waals surface area (Å²) in [6.45, 7) is 1.62. The lowest BCUT2D eigenvalue weighted by atomic mass is 9.95. The van der Waals surface area contributed by atoms with Gasteiger partial charge in [-0.2, -0.15) is 0 Å². The predicted molar refractivity (Wildman–Crippen MR) is 106 cm³/mol. The molecule has 1 heterocycles. The highest BCUT2D eigenvalue weighted by Gasteiger charge is 2.26. The summed E-state index contributed by atoms with van der Waals surface area (Å²) < 4.78 is 13.9. The van der Waals surface area contributed by atoms with E-state index in [9.17, 15) is 19.3 Å². The van der Waals surface area contributed by atoms with Crippen LogP contribution >= 0.6 is 23.2 Å². The number of nitro groups is 1. The maximum atomic E-state index is 13.9. The third kappa shape index (κ3) is 4.79. The van der Waals surface area contributed by atoms with Crippen LogP contribution < -0.4 is 5.32 Å². The van der Waals surface area contributed by atoms with Crippen molar-refractivity contribution in [3.63, 3.8) is 0 Å². The largest absolute Gasteiger partial charge is 0.324 e. The molecule has 1 amide bonds. The van der Waals surface area contributed by atoms with Crippen molar-refractivity contribution >= 4 is 40.5 Å². The number of benzene rings is 2. The number of piperidine rings is 1. The number of nitrogens with zero attached hydrogens (tertiary/aromatic N) is 2. The molecule has 3 rings (SSSR count). The Morgan fingerprint density at radius 3 is 2.57 bits per heavy atom. The zero-order valence-corrected chi connectivity index (χ0v) is 16.3. The smallest absolute Gasteiger partial charge is 0.271 e. The van der Waals surface area contributed by atoms with Crippen LogP contribution in [0.15, 0.2) is 36.4 Å². The fourth-order valence-electron chi connectivity index (χ4n) is 3.22. The molecule has 28 heavy (non-hydrogen) atoms. The molecule has 1 aliphatic rings. The first-order valence-corrected chi connectivity index (χ1v) is 9.51. The molecule has 6 nitrogen and oxygen atoms in total. The van der Waals surface area contributed by atoms with E-state index < -0.39 is 4.92 Å². The Hall–Kier alpha value is -2.22. The van der Waals surface area contributed by atoms with Gasteiger partial charge in [0.25, 0.3) is 5.69 Å². The van der Waals surface area contributed by atoms with Crippen molar-refractivity contribution in [2.24, 2.45) is 5.92 Å². The molecular weight excluding hydrogens is 408 g/mol. The van der Waals surface area contributed by atoms with Gasteiger partial charge in [0.1, 0.15) is 5.82 Å². The van der Waals surface area contributed by atoms with Crippen molar-refractivity contribution < 1.29 is 14.1 Å². The zero-order valence-electron chi connectivity index (χ0n) is 14.8. The molecule has 1 saturated heterocycles. The maximum Gasteiger partial charge on any atom is 0.271 e. The Kier molecular flexibility index (Phi) is 6.49. The molecule has 0 radical (unpaired) electrons. The van der Waals surface area contributed by atoms with Crippen molar-refractivity contribution in [2.75, 3.05) is 18.4 Å². The third-order valence-electron chi connectivity index (χ3n) is 4.82. The quantitative estimate of drug-likeness (QED) is 0.546. The Labute approximate surface area is 171 Å². The topological polar surface area (TPSA) is 75.5 Å². The summed E-state index contributed by atoms with van der Waals surface area (Å²) >= 11 is 12.1. The van der Waals surface area contributed by atoms with E-state index in [1.165, 1.54) is 24.3 Å². The molecule has 148 valence electrons. The monoisotopic (exact) mass is 425 g/mol. The van der Waals surface area contributed by atoms with Crippen LogP contribution in [0.1, 0.15) is 18.4 Å². The number of carbonyl (C=O) groups is 1. The summed E-state index contributed by atoms with van der Waals surface area (Å²) in [5.74, 6) is -0.818. The van der Waals surface area contributed by atoms with E-state index in [2.05, 4.69) is 10.2 Å². The van der Waals surface area contributed by atoms with E-state index in [1.807, 2.05) is 0 Å². The van der Waals surface area contributed by atoms with Crippen molar-refractivity contribution in [1.29, 1.82) is 0 Å². The number of halogens is 3. The van der Waals surface area contributed by atoms with Gasteiger partial charge < -0.3 is 5.32 Å². The second-order valence-electron chi connectivity index (χ2n) is 6.66. The van der Waals surface area contributed by atoms with Gasteiger partial charge >= 0.3 is 0 Å². The van der Waals surface area contributed by atoms with Gasteiger partial charge in [-0.05, 0) is 44.1 Å². The van der Waals surface area contributed by atoms with Gasteiger partial charge in [-0.1, -0.05) is 29.3 Å². The summed E-state index contributed by atoms with van der Waals surface area (Å²) in [7, 11) is 0.